The minimum atomic E-state index is -0.239. The van der Waals surface area contributed by atoms with Crippen LogP contribution in [0.15, 0.2) is 36.4 Å². The first-order valence-electron chi connectivity index (χ1n) is 11.7. The second kappa shape index (κ2) is 14.8. The summed E-state index contributed by atoms with van der Waals surface area (Å²) in [5.41, 5.74) is 2.83. The summed E-state index contributed by atoms with van der Waals surface area (Å²) >= 11 is 6.48. The highest BCUT2D eigenvalue weighted by molar-refractivity contribution is 6.31. The average molecular weight is 461 g/mol. The third-order valence-corrected chi connectivity index (χ3v) is 5.48. The average Bonchev–Trinajstić information content (AvgIpc) is 2.78. The van der Waals surface area contributed by atoms with Crippen molar-refractivity contribution in [2.24, 2.45) is 0 Å². The van der Waals surface area contributed by atoms with E-state index in [1.165, 1.54) is 32.1 Å². The van der Waals surface area contributed by atoms with E-state index >= 15 is 0 Å². The van der Waals surface area contributed by atoms with Gasteiger partial charge >= 0.3 is 0 Å². The van der Waals surface area contributed by atoms with Crippen LogP contribution in [0.4, 0.5) is 5.69 Å². The second-order valence-corrected chi connectivity index (χ2v) is 8.38. The quantitative estimate of drug-likeness (QED) is 0.297. The predicted molar refractivity (Wildman–Crippen MR) is 133 cm³/mol. The first-order chi connectivity index (χ1) is 15.5. The molecule has 0 saturated heterocycles. The van der Waals surface area contributed by atoms with Gasteiger partial charge in [0.15, 0.2) is 18.1 Å². The minimum absolute atomic E-state index is 0.125. The van der Waals surface area contributed by atoms with Gasteiger partial charge in [0.1, 0.15) is 0 Å². The number of amides is 1. The monoisotopic (exact) mass is 460 g/mol. The summed E-state index contributed by atoms with van der Waals surface area (Å²) in [6, 6.07) is 11.2. The van der Waals surface area contributed by atoms with Crippen molar-refractivity contribution in [3.63, 3.8) is 0 Å². The zero-order chi connectivity index (χ0) is 23.2. The molecule has 0 heterocycles. The van der Waals surface area contributed by atoms with Crippen LogP contribution in [-0.2, 0) is 11.3 Å². The molecule has 176 valence electrons. The minimum Gasteiger partial charge on any atom is -0.490 e. The lowest BCUT2D eigenvalue weighted by molar-refractivity contribution is -0.118. The number of rotatable bonds is 15. The molecule has 2 aromatic carbocycles. The molecular weight excluding hydrogens is 424 g/mol. The van der Waals surface area contributed by atoms with E-state index in [9.17, 15) is 4.79 Å². The van der Waals surface area contributed by atoms with Crippen molar-refractivity contribution in [2.75, 3.05) is 25.1 Å². The van der Waals surface area contributed by atoms with Crippen molar-refractivity contribution >= 4 is 23.2 Å². The molecule has 2 N–H and O–H groups in total. The predicted octanol–water partition coefficient (Wildman–Crippen LogP) is 6.51. The van der Waals surface area contributed by atoms with Crippen molar-refractivity contribution in [1.29, 1.82) is 0 Å². The van der Waals surface area contributed by atoms with Crippen molar-refractivity contribution in [3.05, 3.63) is 52.5 Å². The lowest BCUT2D eigenvalue weighted by Gasteiger charge is -2.15. The second-order valence-electron chi connectivity index (χ2n) is 7.97. The summed E-state index contributed by atoms with van der Waals surface area (Å²) < 4.78 is 11.5. The molecule has 0 spiro atoms. The molecule has 0 saturated carbocycles. The van der Waals surface area contributed by atoms with Gasteiger partial charge in [-0.25, -0.2) is 0 Å². The molecule has 32 heavy (non-hydrogen) atoms. The molecule has 5 nitrogen and oxygen atoms in total. The van der Waals surface area contributed by atoms with Crippen molar-refractivity contribution in [2.45, 2.75) is 65.8 Å². The van der Waals surface area contributed by atoms with Gasteiger partial charge in [0, 0.05) is 23.3 Å². The summed E-state index contributed by atoms with van der Waals surface area (Å²) in [6.07, 6.45) is 7.64. The van der Waals surface area contributed by atoms with Gasteiger partial charge in [0.25, 0.3) is 5.91 Å². The van der Waals surface area contributed by atoms with Crippen LogP contribution in [0.3, 0.4) is 0 Å². The van der Waals surface area contributed by atoms with Gasteiger partial charge in [-0.3, -0.25) is 4.79 Å². The van der Waals surface area contributed by atoms with Crippen LogP contribution in [0.2, 0.25) is 5.02 Å². The maximum absolute atomic E-state index is 12.3. The van der Waals surface area contributed by atoms with E-state index in [2.05, 4.69) is 17.6 Å². The fourth-order valence-corrected chi connectivity index (χ4v) is 3.54. The Morgan fingerprint density at radius 1 is 0.938 bits per heavy atom. The number of carbonyl (C=O) groups excluding carboxylic acids is 1. The number of ether oxygens (including phenoxy) is 2. The van der Waals surface area contributed by atoms with Crippen LogP contribution in [-0.4, -0.2) is 25.7 Å². The molecule has 6 heteroatoms. The van der Waals surface area contributed by atoms with E-state index in [0.717, 1.165) is 29.8 Å². The van der Waals surface area contributed by atoms with Crippen LogP contribution in [0.25, 0.3) is 0 Å². The van der Waals surface area contributed by atoms with E-state index in [1.807, 2.05) is 44.2 Å². The molecule has 0 unspecified atom stereocenters. The topological polar surface area (TPSA) is 59.6 Å². The number of hydrogen-bond acceptors (Lipinski definition) is 4. The fraction of sp³-hybridized carbons (Fsp3) is 0.500. The first kappa shape index (κ1) is 26.0. The summed E-state index contributed by atoms with van der Waals surface area (Å²) in [7, 11) is 0. The Morgan fingerprint density at radius 2 is 1.62 bits per heavy atom. The Morgan fingerprint density at radius 3 is 2.34 bits per heavy atom. The maximum atomic E-state index is 12.3. The number of nitrogens with one attached hydrogen (secondary N) is 2. The van der Waals surface area contributed by atoms with Gasteiger partial charge < -0.3 is 20.1 Å². The van der Waals surface area contributed by atoms with Crippen LogP contribution in [0.5, 0.6) is 11.5 Å². The number of anilines is 1. The van der Waals surface area contributed by atoms with E-state index in [1.54, 1.807) is 6.07 Å². The van der Waals surface area contributed by atoms with Crippen LogP contribution >= 0.6 is 11.6 Å². The zero-order valence-electron chi connectivity index (χ0n) is 19.6. The molecule has 2 rings (SSSR count). The molecule has 0 aliphatic heterocycles. The third-order valence-electron chi connectivity index (χ3n) is 5.13. The molecule has 0 aliphatic carbocycles. The molecular formula is C26H37ClN2O3. The lowest BCUT2D eigenvalue weighted by Crippen LogP contribution is -2.20. The Bertz CT molecular complexity index is 825. The number of benzene rings is 2. The summed E-state index contributed by atoms with van der Waals surface area (Å²) in [5, 5.41) is 6.88. The molecule has 0 aliphatic rings. The Balaban J connectivity index is 1.86. The SMILES string of the molecule is CCCCCCCCNCc1cc(OCC)c(OCC(=O)Nc2ccc(C)cc2)cc1Cl. The van der Waals surface area contributed by atoms with Crippen molar-refractivity contribution < 1.29 is 14.3 Å². The number of carbonyl (C=O) groups is 1. The van der Waals surface area contributed by atoms with Gasteiger partial charge in [-0.15, -0.1) is 0 Å². The van der Waals surface area contributed by atoms with Gasteiger partial charge in [-0.1, -0.05) is 68.3 Å². The molecule has 1 amide bonds. The Kier molecular flexibility index (Phi) is 12.0. The highest BCUT2D eigenvalue weighted by Gasteiger charge is 2.13. The van der Waals surface area contributed by atoms with Crippen LogP contribution in [0.1, 0.15) is 63.5 Å². The van der Waals surface area contributed by atoms with E-state index in [4.69, 9.17) is 21.1 Å². The summed E-state index contributed by atoms with van der Waals surface area (Å²) in [5.74, 6) is 0.823. The highest BCUT2D eigenvalue weighted by Crippen LogP contribution is 2.33. The standard InChI is InChI=1S/C26H37ClN2O3/c1-4-6-7-8-9-10-15-28-18-21-16-24(31-5-2)25(17-23(21)27)32-19-26(30)29-22-13-11-20(3)12-14-22/h11-14,16-17,28H,4-10,15,18-19H2,1-3H3,(H,29,30). The number of halogens is 1. The highest BCUT2D eigenvalue weighted by atomic mass is 35.5. The molecule has 2 aromatic rings. The van der Waals surface area contributed by atoms with E-state index in [-0.39, 0.29) is 12.5 Å². The number of hydrogen-bond donors (Lipinski definition) is 2. The smallest absolute Gasteiger partial charge is 0.262 e. The Labute approximate surface area is 197 Å². The van der Waals surface area contributed by atoms with Gasteiger partial charge in [0.05, 0.1) is 6.61 Å². The fourth-order valence-electron chi connectivity index (χ4n) is 3.32. The molecule has 0 atom stereocenters. The van der Waals surface area contributed by atoms with E-state index in [0.29, 0.717) is 29.7 Å². The first-order valence-corrected chi connectivity index (χ1v) is 12.1. The molecule has 0 fully saturated rings. The zero-order valence-corrected chi connectivity index (χ0v) is 20.4. The lowest BCUT2D eigenvalue weighted by atomic mass is 10.1. The maximum Gasteiger partial charge on any atom is 0.262 e. The van der Waals surface area contributed by atoms with Crippen molar-refractivity contribution in [1.82, 2.24) is 5.32 Å². The normalized spacial score (nSPS) is 10.8. The molecule has 0 bridgehead atoms. The number of unbranched alkanes of at least 4 members (excludes halogenated alkanes) is 5. The summed E-state index contributed by atoms with van der Waals surface area (Å²) in [4.78, 5) is 12.3. The van der Waals surface area contributed by atoms with E-state index < -0.39 is 0 Å². The van der Waals surface area contributed by atoms with Crippen LogP contribution < -0.4 is 20.1 Å². The van der Waals surface area contributed by atoms with Gasteiger partial charge in [-0.05, 0) is 50.6 Å². The Hall–Kier alpha value is -2.24. The van der Waals surface area contributed by atoms with Gasteiger partial charge in [0.2, 0.25) is 0 Å². The van der Waals surface area contributed by atoms with Crippen LogP contribution in [0, 0.1) is 6.92 Å². The van der Waals surface area contributed by atoms with Crippen molar-refractivity contribution in [3.8, 4) is 11.5 Å². The third kappa shape index (κ3) is 9.49. The summed E-state index contributed by atoms with van der Waals surface area (Å²) in [6.45, 7) is 8.16. The molecule has 0 radical (unpaired) electrons. The molecule has 0 aromatic heterocycles. The van der Waals surface area contributed by atoms with Gasteiger partial charge in [-0.2, -0.15) is 0 Å². The largest absolute Gasteiger partial charge is 0.490 e. The number of aryl methyl sites for hydroxylation is 1.